The van der Waals surface area contributed by atoms with Crippen molar-refractivity contribution in [2.75, 3.05) is 0 Å². The van der Waals surface area contributed by atoms with Gasteiger partial charge < -0.3 is 5.32 Å². The van der Waals surface area contributed by atoms with Gasteiger partial charge in [-0.05, 0) is 30.0 Å². The maximum absolute atomic E-state index is 11.8. The Hall–Kier alpha value is -0.830. The summed E-state index contributed by atoms with van der Waals surface area (Å²) in [5.74, 6) is 0.757. The van der Waals surface area contributed by atoms with Gasteiger partial charge in [-0.3, -0.25) is 4.79 Å². The van der Waals surface area contributed by atoms with Gasteiger partial charge in [0, 0.05) is 16.9 Å². The minimum atomic E-state index is 0.0575. The molecule has 0 aromatic heterocycles. The number of benzene rings is 1. The highest BCUT2D eigenvalue weighted by atomic mass is 79.9. The first-order chi connectivity index (χ1) is 7.74. The minimum Gasteiger partial charge on any atom is -0.349 e. The molecule has 1 N–H and O–H groups in total. The molecule has 2 rings (SSSR count). The van der Waals surface area contributed by atoms with Crippen molar-refractivity contribution in [3.05, 3.63) is 35.4 Å². The molecule has 0 aliphatic heterocycles. The summed E-state index contributed by atoms with van der Waals surface area (Å²) in [6.07, 6.45) is 2.30. The summed E-state index contributed by atoms with van der Waals surface area (Å²) < 4.78 is 0. The van der Waals surface area contributed by atoms with Crippen molar-refractivity contribution < 1.29 is 4.79 Å². The van der Waals surface area contributed by atoms with E-state index in [0.29, 0.717) is 12.0 Å². The number of carbonyl (C=O) groups is 1. The Balaban J connectivity index is 1.93. The van der Waals surface area contributed by atoms with Crippen LogP contribution in [-0.2, 0) is 5.33 Å². The van der Waals surface area contributed by atoms with E-state index in [4.69, 9.17) is 0 Å². The second-order valence-electron chi connectivity index (χ2n) is 4.31. The molecular formula is C13H16BrNO. The van der Waals surface area contributed by atoms with Crippen molar-refractivity contribution >= 4 is 21.8 Å². The van der Waals surface area contributed by atoms with Crippen molar-refractivity contribution in [3.63, 3.8) is 0 Å². The van der Waals surface area contributed by atoms with E-state index >= 15 is 0 Å². The second-order valence-corrected chi connectivity index (χ2v) is 4.88. The lowest BCUT2D eigenvalue weighted by Crippen LogP contribution is -2.26. The van der Waals surface area contributed by atoms with Gasteiger partial charge in [0.1, 0.15) is 0 Å². The fourth-order valence-corrected chi connectivity index (χ4v) is 2.25. The topological polar surface area (TPSA) is 29.1 Å². The molecule has 1 aliphatic rings. The third-order valence-electron chi connectivity index (χ3n) is 3.13. The molecule has 0 saturated heterocycles. The van der Waals surface area contributed by atoms with E-state index in [2.05, 4.69) is 28.2 Å². The number of hydrogen-bond donors (Lipinski definition) is 1. The molecule has 1 aromatic rings. The molecule has 1 saturated carbocycles. The number of alkyl halides is 1. The maximum Gasteiger partial charge on any atom is 0.251 e. The van der Waals surface area contributed by atoms with Gasteiger partial charge in [-0.1, -0.05) is 41.4 Å². The monoisotopic (exact) mass is 281 g/mol. The molecule has 0 spiro atoms. The highest BCUT2D eigenvalue weighted by molar-refractivity contribution is 9.08. The van der Waals surface area contributed by atoms with Gasteiger partial charge in [0.05, 0.1) is 0 Å². The third-order valence-corrected chi connectivity index (χ3v) is 3.78. The average molecular weight is 282 g/mol. The fraction of sp³-hybridized carbons (Fsp3) is 0.462. The van der Waals surface area contributed by atoms with Crippen LogP contribution in [0, 0.1) is 5.92 Å². The van der Waals surface area contributed by atoms with E-state index < -0.39 is 0 Å². The number of nitrogens with one attached hydrogen (secondary N) is 1. The van der Waals surface area contributed by atoms with E-state index in [1.54, 1.807) is 0 Å². The molecule has 0 radical (unpaired) electrons. The number of halogens is 1. The van der Waals surface area contributed by atoms with Crippen LogP contribution < -0.4 is 5.32 Å². The summed E-state index contributed by atoms with van der Waals surface area (Å²) in [6, 6.07) is 8.14. The van der Waals surface area contributed by atoms with E-state index in [-0.39, 0.29) is 5.91 Å². The predicted molar refractivity (Wildman–Crippen MR) is 68.7 cm³/mol. The zero-order valence-corrected chi connectivity index (χ0v) is 11.0. The van der Waals surface area contributed by atoms with E-state index in [9.17, 15) is 4.79 Å². The average Bonchev–Trinajstić information content (AvgIpc) is 3.07. The fourth-order valence-electron chi connectivity index (χ4n) is 1.87. The number of amides is 1. The van der Waals surface area contributed by atoms with E-state index in [1.807, 2.05) is 24.3 Å². The smallest absolute Gasteiger partial charge is 0.251 e. The van der Waals surface area contributed by atoms with Crippen molar-refractivity contribution in [2.24, 2.45) is 5.92 Å². The lowest BCUT2D eigenvalue weighted by atomic mass is 10.1. The van der Waals surface area contributed by atoms with Gasteiger partial charge in [-0.25, -0.2) is 0 Å². The molecule has 1 aliphatic carbocycles. The summed E-state index contributed by atoms with van der Waals surface area (Å²) in [5.41, 5.74) is 1.95. The van der Waals surface area contributed by atoms with Crippen molar-refractivity contribution in [1.82, 2.24) is 5.32 Å². The van der Waals surface area contributed by atoms with Gasteiger partial charge in [-0.2, -0.15) is 0 Å². The summed E-state index contributed by atoms with van der Waals surface area (Å²) in [7, 11) is 0. The van der Waals surface area contributed by atoms with Gasteiger partial charge >= 0.3 is 0 Å². The second kappa shape index (κ2) is 5.00. The van der Waals surface area contributed by atoms with Crippen LogP contribution in [0.25, 0.3) is 0 Å². The maximum atomic E-state index is 11.8. The molecular weight excluding hydrogens is 266 g/mol. The molecule has 2 atom stereocenters. The third kappa shape index (κ3) is 2.64. The summed E-state index contributed by atoms with van der Waals surface area (Å²) in [4.78, 5) is 11.8. The SMILES string of the molecule is CCC1CC1NC(=O)c1ccc(CBr)cc1. The van der Waals surface area contributed by atoms with Crippen molar-refractivity contribution in [3.8, 4) is 0 Å². The Kier molecular flexibility index (Phi) is 3.64. The van der Waals surface area contributed by atoms with Crippen LogP contribution in [-0.4, -0.2) is 11.9 Å². The Bertz CT molecular complexity index is 374. The van der Waals surface area contributed by atoms with Crippen LogP contribution in [0.1, 0.15) is 35.7 Å². The Morgan fingerprint density at radius 1 is 1.44 bits per heavy atom. The number of hydrogen-bond acceptors (Lipinski definition) is 1. The first-order valence-electron chi connectivity index (χ1n) is 5.70. The first-order valence-corrected chi connectivity index (χ1v) is 6.82. The quantitative estimate of drug-likeness (QED) is 0.845. The number of rotatable bonds is 4. The molecule has 16 heavy (non-hydrogen) atoms. The van der Waals surface area contributed by atoms with E-state index in [0.717, 1.165) is 23.7 Å². The normalized spacial score (nSPS) is 22.9. The Labute approximate surface area is 105 Å². The molecule has 1 aromatic carbocycles. The molecule has 3 heteroatoms. The standard InChI is InChI=1S/C13H16BrNO/c1-2-10-7-12(10)15-13(16)11-5-3-9(8-14)4-6-11/h3-6,10,12H,2,7-8H2,1H3,(H,15,16). The zero-order valence-electron chi connectivity index (χ0n) is 9.37. The Morgan fingerprint density at radius 2 is 2.12 bits per heavy atom. The van der Waals surface area contributed by atoms with Crippen LogP contribution in [0.4, 0.5) is 0 Å². The predicted octanol–water partition coefficient (Wildman–Crippen LogP) is 3.11. The van der Waals surface area contributed by atoms with Crippen LogP contribution in [0.3, 0.4) is 0 Å². The summed E-state index contributed by atoms with van der Waals surface area (Å²) in [5, 5.41) is 3.89. The lowest BCUT2D eigenvalue weighted by molar-refractivity contribution is 0.0949. The summed E-state index contributed by atoms with van der Waals surface area (Å²) in [6.45, 7) is 2.17. The van der Waals surface area contributed by atoms with Gasteiger partial charge in [0.2, 0.25) is 0 Å². The molecule has 2 unspecified atom stereocenters. The van der Waals surface area contributed by atoms with Gasteiger partial charge in [0.15, 0.2) is 0 Å². The molecule has 2 nitrogen and oxygen atoms in total. The van der Waals surface area contributed by atoms with Crippen LogP contribution in [0.15, 0.2) is 24.3 Å². The highest BCUT2D eigenvalue weighted by Crippen LogP contribution is 2.33. The molecule has 0 bridgehead atoms. The van der Waals surface area contributed by atoms with Crippen LogP contribution >= 0.6 is 15.9 Å². The summed E-state index contributed by atoms with van der Waals surface area (Å²) >= 11 is 3.39. The van der Waals surface area contributed by atoms with Crippen LogP contribution in [0.2, 0.25) is 0 Å². The molecule has 86 valence electrons. The first kappa shape index (κ1) is 11.6. The Morgan fingerprint density at radius 3 is 2.62 bits per heavy atom. The van der Waals surface area contributed by atoms with Crippen LogP contribution in [0.5, 0.6) is 0 Å². The van der Waals surface area contributed by atoms with Gasteiger partial charge in [0.25, 0.3) is 5.91 Å². The van der Waals surface area contributed by atoms with Crippen molar-refractivity contribution in [1.29, 1.82) is 0 Å². The molecule has 1 fully saturated rings. The molecule has 0 heterocycles. The zero-order chi connectivity index (χ0) is 11.5. The molecule has 1 amide bonds. The van der Waals surface area contributed by atoms with Crippen molar-refractivity contribution in [2.45, 2.75) is 31.1 Å². The number of carbonyl (C=O) groups excluding carboxylic acids is 1. The van der Waals surface area contributed by atoms with E-state index in [1.165, 1.54) is 5.56 Å². The minimum absolute atomic E-state index is 0.0575. The van der Waals surface area contributed by atoms with Gasteiger partial charge in [-0.15, -0.1) is 0 Å². The highest BCUT2D eigenvalue weighted by Gasteiger charge is 2.36. The lowest BCUT2D eigenvalue weighted by Gasteiger charge is -2.04. The largest absolute Gasteiger partial charge is 0.349 e.